The number of hydrogen-bond acceptors (Lipinski definition) is 6. The van der Waals surface area contributed by atoms with E-state index in [2.05, 4.69) is 15.6 Å². The van der Waals surface area contributed by atoms with Crippen LogP contribution in [0, 0.1) is 0 Å². The minimum atomic E-state index is -0.451. The first-order valence-electron chi connectivity index (χ1n) is 11.3. The number of rotatable bonds is 10. The third-order valence-corrected chi connectivity index (χ3v) is 7.02. The number of nitrogens with zero attached hydrogens (tertiary/aromatic N) is 1. The molecule has 0 spiro atoms. The van der Waals surface area contributed by atoms with Crippen LogP contribution in [0.5, 0.6) is 11.5 Å². The second-order valence-corrected chi connectivity index (χ2v) is 9.40. The summed E-state index contributed by atoms with van der Waals surface area (Å²) in [6, 6.07) is 15.7. The van der Waals surface area contributed by atoms with Crippen molar-refractivity contribution in [3.05, 3.63) is 64.5 Å². The maximum atomic E-state index is 12.7. The molecule has 2 heterocycles. The predicted molar refractivity (Wildman–Crippen MR) is 132 cm³/mol. The summed E-state index contributed by atoms with van der Waals surface area (Å²) in [6.45, 7) is 0.433. The summed E-state index contributed by atoms with van der Waals surface area (Å²) in [7, 11) is 3.20. The van der Waals surface area contributed by atoms with Crippen molar-refractivity contribution in [1.82, 2.24) is 15.6 Å². The topological polar surface area (TPSA) is 89.5 Å². The van der Waals surface area contributed by atoms with Gasteiger partial charge in [0.05, 0.1) is 36.8 Å². The van der Waals surface area contributed by atoms with Crippen molar-refractivity contribution in [2.24, 2.45) is 0 Å². The number of methoxy groups -OCH3 is 2. The van der Waals surface area contributed by atoms with Crippen molar-refractivity contribution in [3.63, 3.8) is 0 Å². The lowest BCUT2D eigenvalue weighted by Crippen LogP contribution is -2.44. The zero-order valence-corrected chi connectivity index (χ0v) is 20.2. The van der Waals surface area contributed by atoms with Gasteiger partial charge in [-0.25, -0.2) is 4.98 Å². The van der Waals surface area contributed by atoms with Crippen LogP contribution >= 0.6 is 11.3 Å². The highest BCUT2D eigenvalue weighted by atomic mass is 32.1. The summed E-state index contributed by atoms with van der Waals surface area (Å²) in [6.07, 6.45) is 2.68. The maximum Gasteiger partial charge on any atom is 0.220 e. The van der Waals surface area contributed by atoms with Gasteiger partial charge < -0.3 is 20.1 Å². The molecule has 2 N–H and O–H groups in total. The molecule has 7 nitrogen and oxygen atoms in total. The van der Waals surface area contributed by atoms with Crippen molar-refractivity contribution >= 4 is 23.2 Å². The Hall–Kier alpha value is -3.39. The number of thiazole rings is 1. The van der Waals surface area contributed by atoms with Gasteiger partial charge in [-0.05, 0) is 37.0 Å². The van der Waals surface area contributed by atoms with E-state index in [9.17, 15) is 9.59 Å². The lowest BCUT2D eigenvalue weighted by Gasteiger charge is -2.29. The minimum absolute atomic E-state index is 0.0260. The molecule has 178 valence electrons. The number of nitrogens with one attached hydrogen (secondary N) is 2. The fourth-order valence-corrected chi connectivity index (χ4v) is 5.13. The summed E-state index contributed by atoms with van der Waals surface area (Å²) in [5, 5.41) is 6.17. The van der Waals surface area contributed by atoms with E-state index in [0.29, 0.717) is 50.1 Å². The Balaban J connectivity index is 1.38. The monoisotopic (exact) mass is 479 g/mol. The molecule has 1 fully saturated rings. The molecule has 3 aromatic rings. The standard InChI is InChI=1S/C26H29N3O4S/c1-32-20-9-8-18(14-21(20)33-2)15-26(13-11-24(31)29-26)12-10-23(30)27-16-22-25(28-17-34-22)19-6-4-3-5-7-19/h3-9,14,17H,10-13,15-16H2,1-2H3,(H,27,30)(H,29,31)/t26-/m1/s1. The first-order valence-corrected chi connectivity index (χ1v) is 12.2. The number of hydrogen-bond donors (Lipinski definition) is 2. The largest absolute Gasteiger partial charge is 0.493 e. The summed E-state index contributed by atoms with van der Waals surface area (Å²) in [4.78, 5) is 30.3. The van der Waals surface area contributed by atoms with Gasteiger partial charge >= 0.3 is 0 Å². The Kier molecular flexibility index (Phi) is 7.47. The van der Waals surface area contributed by atoms with E-state index in [-0.39, 0.29) is 11.8 Å². The highest BCUT2D eigenvalue weighted by Crippen LogP contribution is 2.33. The van der Waals surface area contributed by atoms with Crippen LogP contribution in [0.1, 0.15) is 36.1 Å². The average Bonchev–Trinajstić information content (AvgIpc) is 3.48. The van der Waals surface area contributed by atoms with E-state index in [0.717, 1.165) is 21.7 Å². The fourth-order valence-electron chi connectivity index (χ4n) is 4.41. The molecule has 4 rings (SSSR count). The lowest BCUT2D eigenvalue weighted by molar-refractivity contribution is -0.122. The Morgan fingerprint density at radius 2 is 1.94 bits per heavy atom. The van der Waals surface area contributed by atoms with Crippen LogP contribution in [-0.2, 0) is 22.6 Å². The Morgan fingerprint density at radius 1 is 1.15 bits per heavy atom. The molecule has 0 aliphatic carbocycles. The van der Waals surface area contributed by atoms with Crippen molar-refractivity contribution in [2.75, 3.05) is 14.2 Å². The molecule has 2 amide bonds. The molecule has 0 radical (unpaired) electrons. The molecule has 1 aliphatic rings. The van der Waals surface area contributed by atoms with E-state index < -0.39 is 5.54 Å². The van der Waals surface area contributed by atoms with Crippen LogP contribution in [0.2, 0.25) is 0 Å². The Morgan fingerprint density at radius 3 is 2.65 bits per heavy atom. The van der Waals surface area contributed by atoms with Gasteiger partial charge in [0.15, 0.2) is 11.5 Å². The van der Waals surface area contributed by atoms with Crippen LogP contribution in [-0.4, -0.2) is 36.6 Å². The van der Waals surface area contributed by atoms with Gasteiger partial charge in [0, 0.05) is 23.9 Å². The van der Waals surface area contributed by atoms with Crippen molar-refractivity contribution < 1.29 is 19.1 Å². The van der Waals surface area contributed by atoms with E-state index >= 15 is 0 Å². The van der Waals surface area contributed by atoms with Gasteiger partial charge in [-0.3, -0.25) is 9.59 Å². The lowest BCUT2D eigenvalue weighted by atomic mass is 9.85. The summed E-state index contributed by atoms with van der Waals surface area (Å²) >= 11 is 1.53. The molecule has 0 saturated carbocycles. The third kappa shape index (κ3) is 5.56. The van der Waals surface area contributed by atoms with Crippen LogP contribution in [0.15, 0.2) is 54.0 Å². The highest BCUT2D eigenvalue weighted by Gasteiger charge is 2.38. The molecule has 0 bridgehead atoms. The van der Waals surface area contributed by atoms with Crippen LogP contribution < -0.4 is 20.1 Å². The smallest absolute Gasteiger partial charge is 0.220 e. The van der Waals surface area contributed by atoms with Gasteiger partial charge in [-0.2, -0.15) is 0 Å². The molecule has 1 saturated heterocycles. The number of aromatic nitrogens is 1. The van der Waals surface area contributed by atoms with Crippen molar-refractivity contribution in [3.8, 4) is 22.8 Å². The summed E-state index contributed by atoms with van der Waals surface area (Å²) in [5.74, 6) is 1.29. The SMILES string of the molecule is COc1ccc(C[C@@]2(CCC(=O)NCc3scnc3-c3ccccc3)CCC(=O)N2)cc1OC. The summed E-state index contributed by atoms with van der Waals surface area (Å²) in [5.41, 5.74) is 4.32. The van der Waals surface area contributed by atoms with Gasteiger partial charge in [0.1, 0.15) is 0 Å². The van der Waals surface area contributed by atoms with Crippen molar-refractivity contribution in [1.29, 1.82) is 0 Å². The number of benzene rings is 2. The quantitative estimate of drug-likeness (QED) is 0.457. The molecule has 1 aliphatic heterocycles. The van der Waals surface area contributed by atoms with E-state index in [4.69, 9.17) is 9.47 Å². The molecule has 1 aromatic heterocycles. The second-order valence-electron chi connectivity index (χ2n) is 8.46. The van der Waals surface area contributed by atoms with Gasteiger partial charge in [0.2, 0.25) is 11.8 Å². The zero-order valence-electron chi connectivity index (χ0n) is 19.4. The van der Waals surface area contributed by atoms with E-state index in [1.165, 1.54) is 11.3 Å². The predicted octanol–water partition coefficient (Wildman–Crippen LogP) is 4.12. The van der Waals surface area contributed by atoms with Gasteiger partial charge in [-0.15, -0.1) is 11.3 Å². The molecular weight excluding hydrogens is 450 g/mol. The fraction of sp³-hybridized carbons (Fsp3) is 0.346. The highest BCUT2D eigenvalue weighted by molar-refractivity contribution is 7.10. The first-order chi connectivity index (χ1) is 16.5. The van der Waals surface area contributed by atoms with Crippen LogP contribution in [0.4, 0.5) is 0 Å². The number of carbonyl (C=O) groups excluding carboxylic acids is 2. The minimum Gasteiger partial charge on any atom is -0.493 e. The van der Waals surface area contributed by atoms with Crippen molar-refractivity contribution in [2.45, 2.75) is 44.2 Å². The zero-order chi connectivity index (χ0) is 24.0. The van der Waals surface area contributed by atoms with Gasteiger partial charge in [-0.1, -0.05) is 36.4 Å². The number of ether oxygens (including phenoxy) is 2. The second kappa shape index (κ2) is 10.7. The normalized spacial score (nSPS) is 17.3. The van der Waals surface area contributed by atoms with E-state index in [1.54, 1.807) is 19.7 Å². The Labute approximate surface area is 203 Å². The summed E-state index contributed by atoms with van der Waals surface area (Å²) < 4.78 is 10.7. The van der Waals surface area contributed by atoms with Gasteiger partial charge in [0.25, 0.3) is 0 Å². The molecule has 8 heteroatoms. The Bertz CT molecular complexity index is 1150. The molecule has 34 heavy (non-hydrogen) atoms. The van der Waals surface area contributed by atoms with Crippen LogP contribution in [0.3, 0.4) is 0 Å². The number of carbonyl (C=O) groups is 2. The van der Waals surface area contributed by atoms with Crippen LogP contribution in [0.25, 0.3) is 11.3 Å². The number of amides is 2. The molecule has 0 unspecified atom stereocenters. The molecule has 1 atom stereocenters. The van der Waals surface area contributed by atoms with E-state index in [1.807, 2.05) is 48.5 Å². The third-order valence-electron chi connectivity index (χ3n) is 6.19. The maximum absolute atomic E-state index is 12.7. The molecular formula is C26H29N3O4S. The first kappa shape index (κ1) is 23.8. The molecule has 2 aromatic carbocycles. The average molecular weight is 480 g/mol.